The third-order valence-corrected chi connectivity index (χ3v) is 1.66. The van der Waals surface area contributed by atoms with Gasteiger partial charge in [-0.25, -0.2) is 0 Å². The van der Waals surface area contributed by atoms with Gasteiger partial charge in [0.25, 0.3) is 0 Å². The van der Waals surface area contributed by atoms with Gasteiger partial charge in [-0.1, -0.05) is 48.5 Å². The maximum atomic E-state index is 2.12. The predicted molar refractivity (Wildman–Crippen MR) is 50.4 cm³/mol. The summed E-state index contributed by atoms with van der Waals surface area (Å²) in [4.78, 5) is 0. The largest absolute Gasteiger partial charge is 0.358 e. The average Bonchev–Trinajstić information content (AvgIpc) is 2.05. The first kappa shape index (κ1) is 11.3. The van der Waals surface area contributed by atoms with E-state index < -0.39 is 0 Å². The summed E-state index contributed by atoms with van der Waals surface area (Å²) < 4.78 is 0. The van der Waals surface area contributed by atoms with Crippen LogP contribution < -0.4 is 0 Å². The van der Waals surface area contributed by atoms with Gasteiger partial charge >= 0.3 is 0 Å². The van der Waals surface area contributed by atoms with Crippen molar-refractivity contribution < 1.29 is 18.6 Å². The molecule has 0 saturated heterocycles. The first-order valence-electron chi connectivity index (χ1n) is 3.40. The minimum atomic E-state index is 0. The van der Waals surface area contributed by atoms with E-state index in [1.165, 1.54) is 10.8 Å². The van der Waals surface area contributed by atoms with Gasteiger partial charge in [-0.2, -0.15) is 0 Å². The Balaban J connectivity index is 0.000000605. The Kier molecular flexibility index (Phi) is 4.72. The molecule has 0 atom stereocenters. The van der Waals surface area contributed by atoms with E-state index in [2.05, 4.69) is 48.5 Å². The molecule has 0 saturated carbocycles. The molecule has 1 radical (unpaired) electrons. The van der Waals surface area contributed by atoms with Crippen molar-refractivity contribution in [3.63, 3.8) is 0 Å². The van der Waals surface area contributed by atoms with Gasteiger partial charge in [-0.3, -0.25) is 0 Å². The third kappa shape index (κ3) is 2.13. The van der Waals surface area contributed by atoms with Crippen LogP contribution in [0.3, 0.4) is 0 Å². The fraction of sp³-hybridized carbons (Fsp3) is 0. The van der Waals surface area contributed by atoms with E-state index in [4.69, 9.17) is 0 Å². The van der Waals surface area contributed by atoms with Crippen molar-refractivity contribution in [2.45, 2.75) is 0 Å². The molecule has 0 heterocycles. The standard InChI is InChI=1S/C10H8.CH3.V/c1-2-6-10-8-4-3-7-9(10)5-1;;/h1-8H;1H3;/q;-1;. The van der Waals surface area contributed by atoms with E-state index in [0.29, 0.717) is 0 Å². The van der Waals surface area contributed by atoms with Gasteiger partial charge in [-0.15, -0.1) is 0 Å². The van der Waals surface area contributed by atoms with Crippen LogP contribution in [0.5, 0.6) is 0 Å². The number of benzene rings is 2. The number of rotatable bonds is 0. The van der Waals surface area contributed by atoms with Crippen molar-refractivity contribution in [3.8, 4) is 0 Å². The summed E-state index contributed by atoms with van der Waals surface area (Å²) in [6.07, 6.45) is 0. The van der Waals surface area contributed by atoms with Crippen LogP contribution in [0.15, 0.2) is 48.5 Å². The summed E-state index contributed by atoms with van der Waals surface area (Å²) in [5.41, 5.74) is 0. The van der Waals surface area contributed by atoms with Crippen molar-refractivity contribution in [3.05, 3.63) is 56.0 Å². The molecule has 0 aliphatic heterocycles. The average molecular weight is 194 g/mol. The van der Waals surface area contributed by atoms with Gasteiger partial charge in [0.15, 0.2) is 0 Å². The molecule has 12 heavy (non-hydrogen) atoms. The third-order valence-electron chi connectivity index (χ3n) is 1.66. The van der Waals surface area contributed by atoms with Crippen LogP contribution in [0.4, 0.5) is 0 Å². The van der Waals surface area contributed by atoms with Crippen LogP contribution in [-0.4, -0.2) is 0 Å². The Morgan fingerprint density at radius 2 is 0.833 bits per heavy atom. The molecule has 2 aromatic carbocycles. The summed E-state index contributed by atoms with van der Waals surface area (Å²) in [5.74, 6) is 0. The quantitative estimate of drug-likeness (QED) is 0.564. The molecular formula is C11H11V-. The van der Waals surface area contributed by atoms with Gasteiger partial charge in [0.2, 0.25) is 0 Å². The van der Waals surface area contributed by atoms with E-state index in [-0.39, 0.29) is 26.0 Å². The molecule has 0 nitrogen and oxygen atoms in total. The Bertz CT molecular complexity index is 276. The van der Waals surface area contributed by atoms with E-state index in [9.17, 15) is 0 Å². The van der Waals surface area contributed by atoms with Gasteiger partial charge in [0, 0.05) is 18.6 Å². The molecule has 0 amide bonds. The minimum absolute atomic E-state index is 0. The molecule has 0 aromatic heterocycles. The molecule has 2 aromatic rings. The summed E-state index contributed by atoms with van der Waals surface area (Å²) in [5, 5.41) is 2.62. The predicted octanol–water partition coefficient (Wildman–Crippen LogP) is 3.29. The Morgan fingerprint density at radius 3 is 1.08 bits per heavy atom. The molecule has 0 aliphatic rings. The molecule has 2 rings (SSSR count). The summed E-state index contributed by atoms with van der Waals surface area (Å²) >= 11 is 0. The van der Waals surface area contributed by atoms with Crippen molar-refractivity contribution in [2.75, 3.05) is 0 Å². The van der Waals surface area contributed by atoms with Crippen LogP contribution in [0.2, 0.25) is 0 Å². The topological polar surface area (TPSA) is 0 Å². The molecule has 0 bridgehead atoms. The summed E-state index contributed by atoms with van der Waals surface area (Å²) in [6, 6.07) is 16.7. The van der Waals surface area contributed by atoms with Crippen molar-refractivity contribution in [1.82, 2.24) is 0 Å². The van der Waals surface area contributed by atoms with Crippen LogP contribution >= 0.6 is 0 Å². The normalized spacial score (nSPS) is 8.33. The van der Waals surface area contributed by atoms with E-state index in [0.717, 1.165) is 0 Å². The van der Waals surface area contributed by atoms with Gasteiger partial charge < -0.3 is 7.43 Å². The van der Waals surface area contributed by atoms with Crippen LogP contribution in [0, 0.1) is 7.43 Å². The van der Waals surface area contributed by atoms with Crippen molar-refractivity contribution in [1.29, 1.82) is 0 Å². The fourth-order valence-electron chi connectivity index (χ4n) is 1.13. The van der Waals surface area contributed by atoms with Crippen LogP contribution in [-0.2, 0) is 18.6 Å². The maximum Gasteiger partial charge on any atom is 0 e. The first-order chi connectivity index (χ1) is 4.97. The maximum absolute atomic E-state index is 2.12. The SMILES string of the molecule is [CH3-].[V].c1ccc2ccccc2c1. The zero-order valence-corrected chi connectivity index (χ0v) is 8.46. The van der Waals surface area contributed by atoms with Gasteiger partial charge in [0.05, 0.1) is 0 Å². The zero-order valence-electron chi connectivity index (χ0n) is 7.07. The van der Waals surface area contributed by atoms with Crippen LogP contribution in [0.1, 0.15) is 0 Å². The second-order valence-corrected chi connectivity index (χ2v) is 2.35. The Hall–Kier alpha value is -0.716. The zero-order chi connectivity index (χ0) is 6.81. The molecule has 0 unspecified atom stereocenters. The molecule has 1 heteroatoms. The molecule has 0 spiro atoms. The van der Waals surface area contributed by atoms with E-state index in [1.807, 2.05) is 0 Å². The molecule has 0 N–H and O–H groups in total. The van der Waals surface area contributed by atoms with Crippen molar-refractivity contribution in [2.24, 2.45) is 0 Å². The van der Waals surface area contributed by atoms with Gasteiger partial charge in [0.1, 0.15) is 0 Å². The Morgan fingerprint density at radius 1 is 0.583 bits per heavy atom. The smallest absolute Gasteiger partial charge is 0 e. The van der Waals surface area contributed by atoms with Crippen molar-refractivity contribution >= 4 is 10.8 Å². The van der Waals surface area contributed by atoms with E-state index >= 15 is 0 Å². The van der Waals surface area contributed by atoms with Crippen LogP contribution in [0.25, 0.3) is 10.8 Å². The molecular weight excluding hydrogens is 183 g/mol. The molecule has 0 fully saturated rings. The second-order valence-electron chi connectivity index (χ2n) is 2.35. The number of fused-ring (bicyclic) bond motifs is 1. The first-order valence-corrected chi connectivity index (χ1v) is 3.40. The molecule has 0 aliphatic carbocycles. The number of hydrogen-bond donors (Lipinski definition) is 0. The number of hydrogen-bond acceptors (Lipinski definition) is 0. The Labute approximate surface area is 85.5 Å². The summed E-state index contributed by atoms with van der Waals surface area (Å²) in [6.45, 7) is 0. The molecule has 61 valence electrons. The monoisotopic (exact) mass is 194 g/mol. The van der Waals surface area contributed by atoms with E-state index in [1.54, 1.807) is 0 Å². The van der Waals surface area contributed by atoms with Gasteiger partial charge in [-0.05, 0) is 10.8 Å². The minimum Gasteiger partial charge on any atom is -0.358 e. The fourth-order valence-corrected chi connectivity index (χ4v) is 1.13. The second kappa shape index (κ2) is 5.02. The summed E-state index contributed by atoms with van der Waals surface area (Å²) in [7, 11) is 0.